The Balaban J connectivity index is 2.21. The average molecular weight is 346 g/mol. The number of halogens is 2. The van der Waals surface area contributed by atoms with E-state index in [0.29, 0.717) is 6.61 Å². The summed E-state index contributed by atoms with van der Waals surface area (Å²) in [6.45, 7) is 5.99. The molecule has 0 bridgehead atoms. The van der Waals surface area contributed by atoms with E-state index in [0.717, 1.165) is 6.07 Å². The zero-order valence-electron chi connectivity index (χ0n) is 13.4. The van der Waals surface area contributed by atoms with Gasteiger partial charge in [0.1, 0.15) is 17.5 Å². The van der Waals surface area contributed by atoms with E-state index >= 15 is 0 Å². The molecule has 1 aromatic rings. The second kappa shape index (κ2) is 7.03. The summed E-state index contributed by atoms with van der Waals surface area (Å²) in [5.41, 5.74) is -0.588. The van der Waals surface area contributed by atoms with Crippen LogP contribution < -0.4 is 0 Å². The van der Waals surface area contributed by atoms with Crippen LogP contribution in [0.4, 0.5) is 9.18 Å². The van der Waals surface area contributed by atoms with Gasteiger partial charge in [0.15, 0.2) is 0 Å². The van der Waals surface area contributed by atoms with Crippen molar-refractivity contribution in [3.8, 4) is 0 Å². The Hall–Kier alpha value is -1.37. The molecule has 0 radical (unpaired) electrons. The average Bonchev–Trinajstić information content (AvgIpc) is 2.45. The van der Waals surface area contributed by atoms with Gasteiger partial charge in [-0.25, -0.2) is 9.18 Å². The molecule has 1 fully saturated rings. The molecular formula is C16H21ClFNO4. The van der Waals surface area contributed by atoms with E-state index in [2.05, 4.69) is 0 Å². The molecule has 0 aromatic heterocycles. The lowest BCUT2D eigenvalue weighted by molar-refractivity contribution is -0.0679. The highest BCUT2D eigenvalue weighted by Gasteiger charge is 2.36. The molecule has 128 valence electrons. The van der Waals surface area contributed by atoms with Gasteiger partial charge in [-0.05, 0) is 32.9 Å². The Morgan fingerprint density at radius 2 is 2.22 bits per heavy atom. The molecule has 7 heteroatoms. The van der Waals surface area contributed by atoms with Gasteiger partial charge in [0.2, 0.25) is 0 Å². The maximum Gasteiger partial charge on any atom is 0.410 e. The highest BCUT2D eigenvalue weighted by atomic mass is 35.5. The number of hydrogen-bond donors (Lipinski definition) is 1. The number of nitrogens with zero attached hydrogens (tertiary/aromatic N) is 1. The summed E-state index contributed by atoms with van der Waals surface area (Å²) >= 11 is 5.73. The molecule has 1 N–H and O–H groups in total. The van der Waals surface area contributed by atoms with Gasteiger partial charge in [0.05, 0.1) is 19.3 Å². The summed E-state index contributed by atoms with van der Waals surface area (Å²) in [6, 6.07) is 3.30. The number of rotatable bonds is 2. The minimum Gasteiger partial charge on any atom is -0.444 e. The van der Waals surface area contributed by atoms with E-state index in [1.807, 2.05) is 0 Å². The molecule has 1 aliphatic rings. The van der Waals surface area contributed by atoms with E-state index in [1.54, 1.807) is 20.8 Å². The maximum absolute atomic E-state index is 14.0. The van der Waals surface area contributed by atoms with E-state index in [-0.39, 0.29) is 23.7 Å². The smallest absolute Gasteiger partial charge is 0.410 e. The molecule has 5 nitrogen and oxygen atoms in total. The molecule has 1 aliphatic heterocycles. The van der Waals surface area contributed by atoms with Crippen LogP contribution in [0.15, 0.2) is 18.2 Å². The summed E-state index contributed by atoms with van der Waals surface area (Å²) in [4.78, 5) is 13.7. The highest BCUT2D eigenvalue weighted by molar-refractivity contribution is 6.30. The number of amides is 1. The Labute approximate surface area is 139 Å². The minimum atomic E-state index is -1.24. The summed E-state index contributed by atoms with van der Waals surface area (Å²) < 4.78 is 24.7. The molecule has 1 amide bonds. The molecule has 1 aromatic carbocycles. The van der Waals surface area contributed by atoms with Crippen LogP contribution in [0.25, 0.3) is 0 Å². The summed E-state index contributed by atoms with van der Waals surface area (Å²) in [7, 11) is 0. The molecule has 0 spiro atoms. The number of hydrogen-bond acceptors (Lipinski definition) is 4. The molecule has 0 saturated carbocycles. The Morgan fingerprint density at radius 1 is 1.52 bits per heavy atom. The molecule has 2 rings (SSSR count). The van der Waals surface area contributed by atoms with Gasteiger partial charge in [-0.3, -0.25) is 4.90 Å². The van der Waals surface area contributed by atoms with E-state index in [1.165, 1.54) is 17.0 Å². The summed E-state index contributed by atoms with van der Waals surface area (Å²) in [5.74, 6) is -0.625. The fourth-order valence-corrected chi connectivity index (χ4v) is 2.54. The lowest BCUT2D eigenvalue weighted by atomic mass is 10.0. The lowest BCUT2D eigenvalue weighted by Crippen LogP contribution is -2.52. The van der Waals surface area contributed by atoms with Gasteiger partial charge in [-0.2, -0.15) is 0 Å². The molecule has 1 saturated heterocycles. The van der Waals surface area contributed by atoms with Crippen LogP contribution in [0.2, 0.25) is 5.02 Å². The van der Waals surface area contributed by atoms with Crippen LogP contribution in [0.5, 0.6) is 0 Å². The zero-order valence-corrected chi connectivity index (χ0v) is 14.1. The van der Waals surface area contributed by atoms with Gasteiger partial charge >= 0.3 is 6.09 Å². The van der Waals surface area contributed by atoms with E-state index < -0.39 is 29.7 Å². The fourth-order valence-electron chi connectivity index (χ4n) is 2.38. The number of benzene rings is 1. The predicted molar refractivity (Wildman–Crippen MR) is 83.9 cm³/mol. The lowest BCUT2D eigenvalue weighted by Gasteiger charge is -2.38. The van der Waals surface area contributed by atoms with Crippen molar-refractivity contribution in [3.05, 3.63) is 34.6 Å². The zero-order chi connectivity index (χ0) is 17.2. The SMILES string of the molecule is CC(C)(C)OC(=O)N1CCOCC1C(O)c1ccc(Cl)cc1F. The number of ether oxygens (including phenoxy) is 2. The third-order valence-electron chi connectivity index (χ3n) is 3.44. The first-order chi connectivity index (χ1) is 10.7. The molecule has 2 atom stereocenters. The molecule has 23 heavy (non-hydrogen) atoms. The highest BCUT2D eigenvalue weighted by Crippen LogP contribution is 2.28. The van der Waals surface area contributed by atoms with Gasteiger partial charge in [0.25, 0.3) is 0 Å². The largest absolute Gasteiger partial charge is 0.444 e. The van der Waals surface area contributed by atoms with Crippen LogP contribution >= 0.6 is 11.6 Å². The normalized spacial score (nSPS) is 20.3. The van der Waals surface area contributed by atoms with Crippen molar-refractivity contribution in [3.63, 3.8) is 0 Å². The first-order valence-electron chi connectivity index (χ1n) is 7.39. The van der Waals surface area contributed by atoms with Crippen LogP contribution in [0, 0.1) is 5.82 Å². The monoisotopic (exact) mass is 345 g/mol. The second-order valence-corrected chi connectivity index (χ2v) is 6.86. The first kappa shape index (κ1) is 18.0. The van der Waals surface area contributed by atoms with Crippen LogP contribution in [0.3, 0.4) is 0 Å². The van der Waals surface area contributed by atoms with Crippen molar-refractivity contribution >= 4 is 17.7 Å². The van der Waals surface area contributed by atoms with Crippen LogP contribution in [-0.2, 0) is 9.47 Å². The predicted octanol–water partition coefficient (Wildman–Crippen LogP) is 3.15. The fraction of sp³-hybridized carbons (Fsp3) is 0.562. The van der Waals surface area contributed by atoms with Crippen LogP contribution in [0.1, 0.15) is 32.4 Å². The molecule has 0 aliphatic carbocycles. The van der Waals surface area contributed by atoms with Crippen LogP contribution in [-0.4, -0.2) is 47.5 Å². The van der Waals surface area contributed by atoms with Crippen molar-refractivity contribution in [2.75, 3.05) is 19.8 Å². The topological polar surface area (TPSA) is 59.0 Å². The minimum absolute atomic E-state index is 0.0680. The Bertz CT molecular complexity index is 576. The summed E-state index contributed by atoms with van der Waals surface area (Å²) in [6.07, 6.45) is -1.79. The second-order valence-electron chi connectivity index (χ2n) is 6.43. The van der Waals surface area contributed by atoms with Gasteiger partial charge in [-0.1, -0.05) is 17.7 Å². The Kier molecular flexibility index (Phi) is 5.49. The van der Waals surface area contributed by atoms with Crippen molar-refractivity contribution in [1.29, 1.82) is 0 Å². The van der Waals surface area contributed by atoms with Crippen molar-refractivity contribution in [1.82, 2.24) is 4.90 Å². The molecule has 1 heterocycles. The van der Waals surface area contributed by atoms with Gasteiger partial charge in [0, 0.05) is 17.1 Å². The van der Waals surface area contributed by atoms with Crippen molar-refractivity contribution in [2.24, 2.45) is 0 Å². The van der Waals surface area contributed by atoms with E-state index in [9.17, 15) is 14.3 Å². The number of aliphatic hydroxyl groups is 1. The quantitative estimate of drug-likeness (QED) is 0.894. The third-order valence-corrected chi connectivity index (χ3v) is 3.67. The number of aliphatic hydroxyl groups excluding tert-OH is 1. The van der Waals surface area contributed by atoms with Gasteiger partial charge in [-0.15, -0.1) is 0 Å². The van der Waals surface area contributed by atoms with Gasteiger partial charge < -0.3 is 14.6 Å². The first-order valence-corrected chi connectivity index (χ1v) is 7.77. The van der Waals surface area contributed by atoms with Crippen molar-refractivity contribution in [2.45, 2.75) is 38.5 Å². The summed E-state index contributed by atoms with van der Waals surface area (Å²) in [5, 5.41) is 10.8. The third kappa shape index (κ3) is 4.56. The number of carbonyl (C=O) groups is 1. The number of carbonyl (C=O) groups excluding carboxylic acids is 1. The standard InChI is InChI=1S/C16H21ClFNO4/c1-16(2,3)23-15(21)19-6-7-22-9-13(19)14(20)11-5-4-10(17)8-12(11)18/h4-5,8,13-14,20H,6-7,9H2,1-3H3. The van der Waals surface area contributed by atoms with Crippen molar-refractivity contribution < 1.29 is 23.8 Å². The number of morpholine rings is 1. The molecular weight excluding hydrogens is 325 g/mol. The molecule has 2 unspecified atom stereocenters. The maximum atomic E-state index is 14.0. The van der Waals surface area contributed by atoms with E-state index in [4.69, 9.17) is 21.1 Å². The Morgan fingerprint density at radius 3 is 2.83 bits per heavy atom.